The lowest BCUT2D eigenvalue weighted by Crippen LogP contribution is -2.42. The van der Waals surface area contributed by atoms with E-state index in [2.05, 4.69) is 32.5 Å². The van der Waals surface area contributed by atoms with Crippen LogP contribution in [0.2, 0.25) is 0 Å². The SMILES string of the molecule is CN=C(NCCN1CCCN(C)CC1)NCc1ccc(OCC(F)(F)F)cc1.I. The summed E-state index contributed by atoms with van der Waals surface area (Å²) in [6.07, 6.45) is -3.15. The molecule has 1 heterocycles. The number of halogens is 4. The summed E-state index contributed by atoms with van der Waals surface area (Å²) in [5, 5.41) is 6.51. The van der Waals surface area contributed by atoms with Crippen LogP contribution < -0.4 is 15.4 Å². The molecule has 1 saturated heterocycles. The van der Waals surface area contributed by atoms with E-state index in [1.54, 1.807) is 19.2 Å². The Balaban J connectivity index is 0.00000420. The molecule has 6 nitrogen and oxygen atoms in total. The molecule has 1 aromatic carbocycles. The van der Waals surface area contributed by atoms with E-state index in [1.807, 2.05) is 0 Å². The third-order valence-electron chi connectivity index (χ3n) is 4.54. The summed E-state index contributed by atoms with van der Waals surface area (Å²) in [5.74, 6) is 0.899. The van der Waals surface area contributed by atoms with Crippen LogP contribution >= 0.6 is 24.0 Å². The number of hydrogen-bond acceptors (Lipinski definition) is 4. The van der Waals surface area contributed by atoms with E-state index in [1.165, 1.54) is 18.6 Å². The molecule has 2 N–H and O–H groups in total. The first-order chi connectivity index (χ1) is 13.4. The fourth-order valence-electron chi connectivity index (χ4n) is 2.93. The standard InChI is InChI=1S/C19H30F3N5O.HI/c1-23-18(24-8-11-27-10-3-9-26(2)12-13-27)25-14-16-4-6-17(7-5-16)28-15-19(20,21)22;/h4-7H,3,8-15H2,1-2H3,(H2,23,24,25);1H. The van der Waals surface area contributed by atoms with E-state index in [-0.39, 0.29) is 29.7 Å². The number of rotatable bonds is 7. The summed E-state index contributed by atoms with van der Waals surface area (Å²) < 4.78 is 41.2. The second-order valence-electron chi connectivity index (χ2n) is 6.90. The molecule has 0 amide bonds. The lowest BCUT2D eigenvalue weighted by atomic mass is 10.2. The first-order valence-electron chi connectivity index (χ1n) is 9.49. The molecule has 0 aliphatic carbocycles. The summed E-state index contributed by atoms with van der Waals surface area (Å²) in [7, 11) is 3.87. The van der Waals surface area contributed by atoms with Crippen LogP contribution in [0.1, 0.15) is 12.0 Å². The first-order valence-corrected chi connectivity index (χ1v) is 9.49. The van der Waals surface area contributed by atoms with Crippen molar-refractivity contribution in [3.63, 3.8) is 0 Å². The molecule has 0 bridgehead atoms. The minimum atomic E-state index is -4.33. The maximum Gasteiger partial charge on any atom is 0.422 e. The summed E-state index contributed by atoms with van der Waals surface area (Å²) in [6, 6.07) is 6.55. The van der Waals surface area contributed by atoms with Gasteiger partial charge in [0.2, 0.25) is 0 Å². The van der Waals surface area contributed by atoms with E-state index in [0.717, 1.165) is 44.8 Å². The zero-order chi connectivity index (χ0) is 20.4. The minimum Gasteiger partial charge on any atom is -0.484 e. The zero-order valence-electron chi connectivity index (χ0n) is 17.0. The van der Waals surface area contributed by atoms with Gasteiger partial charge in [0.05, 0.1) is 0 Å². The Morgan fingerprint density at radius 3 is 2.48 bits per heavy atom. The van der Waals surface area contributed by atoms with E-state index in [4.69, 9.17) is 4.74 Å². The Morgan fingerprint density at radius 1 is 1.10 bits per heavy atom. The molecule has 0 unspecified atom stereocenters. The highest BCUT2D eigenvalue weighted by molar-refractivity contribution is 14.0. The molecule has 29 heavy (non-hydrogen) atoms. The summed E-state index contributed by atoms with van der Waals surface area (Å²) in [5.41, 5.74) is 0.929. The van der Waals surface area contributed by atoms with Crippen LogP contribution in [-0.2, 0) is 6.54 Å². The third-order valence-corrected chi connectivity index (χ3v) is 4.54. The van der Waals surface area contributed by atoms with E-state index in [9.17, 15) is 13.2 Å². The number of nitrogens with one attached hydrogen (secondary N) is 2. The quantitative estimate of drug-likeness (QED) is 0.323. The van der Waals surface area contributed by atoms with E-state index < -0.39 is 12.8 Å². The van der Waals surface area contributed by atoms with Gasteiger partial charge in [-0.05, 0) is 44.3 Å². The monoisotopic (exact) mass is 529 g/mol. The maximum atomic E-state index is 12.2. The number of benzene rings is 1. The molecule has 0 radical (unpaired) electrons. The van der Waals surface area contributed by atoms with Gasteiger partial charge < -0.3 is 25.2 Å². The van der Waals surface area contributed by atoms with Gasteiger partial charge in [0.1, 0.15) is 5.75 Å². The Bertz CT molecular complexity index is 613. The van der Waals surface area contributed by atoms with Gasteiger partial charge in [-0.2, -0.15) is 13.2 Å². The number of likely N-dealkylation sites (N-methyl/N-ethyl adjacent to an activating group) is 1. The first kappa shape index (κ1) is 25.8. The van der Waals surface area contributed by atoms with Crippen molar-refractivity contribution in [2.75, 3.05) is 60.0 Å². The molecule has 1 aliphatic heterocycles. The highest BCUT2D eigenvalue weighted by Gasteiger charge is 2.28. The van der Waals surface area contributed by atoms with Gasteiger partial charge in [0.15, 0.2) is 12.6 Å². The zero-order valence-corrected chi connectivity index (χ0v) is 19.3. The Morgan fingerprint density at radius 2 is 1.83 bits per heavy atom. The maximum absolute atomic E-state index is 12.2. The summed E-state index contributed by atoms with van der Waals surface area (Å²) >= 11 is 0. The van der Waals surface area contributed by atoms with Crippen LogP contribution in [0.15, 0.2) is 29.3 Å². The van der Waals surface area contributed by atoms with Crippen molar-refractivity contribution in [1.29, 1.82) is 0 Å². The molecule has 0 atom stereocenters. The van der Waals surface area contributed by atoms with Crippen molar-refractivity contribution in [3.8, 4) is 5.75 Å². The normalized spacial score (nSPS) is 16.7. The molecule has 2 rings (SSSR count). The lowest BCUT2D eigenvalue weighted by molar-refractivity contribution is -0.153. The number of aliphatic imine (C=N–C) groups is 1. The second kappa shape index (κ2) is 13.1. The average Bonchev–Trinajstić information content (AvgIpc) is 2.87. The number of nitrogens with zero attached hydrogens (tertiary/aromatic N) is 3. The highest BCUT2D eigenvalue weighted by Crippen LogP contribution is 2.18. The molecule has 0 aromatic heterocycles. The molecule has 0 saturated carbocycles. The van der Waals surface area contributed by atoms with Gasteiger partial charge in [-0.15, -0.1) is 24.0 Å². The molecule has 1 aliphatic rings. The van der Waals surface area contributed by atoms with Crippen molar-refractivity contribution in [3.05, 3.63) is 29.8 Å². The van der Waals surface area contributed by atoms with Crippen LogP contribution in [0.3, 0.4) is 0 Å². The summed E-state index contributed by atoms with van der Waals surface area (Å²) in [6.45, 7) is 5.42. The fraction of sp³-hybridized carbons (Fsp3) is 0.632. The van der Waals surface area contributed by atoms with Gasteiger partial charge in [0.25, 0.3) is 0 Å². The molecule has 10 heteroatoms. The van der Waals surface area contributed by atoms with Crippen LogP contribution in [0.5, 0.6) is 5.75 Å². The third kappa shape index (κ3) is 10.9. The molecular weight excluding hydrogens is 498 g/mol. The van der Waals surface area contributed by atoms with Gasteiger partial charge in [0, 0.05) is 39.8 Å². The smallest absolute Gasteiger partial charge is 0.422 e. The lowest BCUT2D eigenvalue weighted by Gasteiger charge is -2.21. The van der Waals surface area contributed by atoms with E-state index >= 15 is 0 Å². The van der Waals surface area contributed by atoms with Gasteiger partial charge >= 0.3 is 6.18 Å². The topological polar surface area (TPSA) is 52.1 Å². The molecule has 166 valence electrons. The minimum absolute atomic E-state index is 0. The number of hydrogen-bond donors (Lipinski definition) is 2. The predicted molar refractivity (Wildman–Crippen MR) is 120 cm³/mol. The van der Waals surface area contributed by atoms with Crippen LogP contribution in [0.25, 0.3) is 0 Å². The Kier molecular flexibility index (Phi) is 11.7. The highest BCUT2D eigenvalue weighted by atomic mass is 127. The van der Waals surface area contributed by atoms with Crippen molar-refractivity contribution >= 4 is 29.9 Å². The fourth-order valence-corrected chi connectivity index (χ4v) is 2.93. The van der Waals surface area contributed by atoms with Gasteiger partial charge in [-0.3, -0.25) is 4.99 Å². The van der Waals surface area contributed by atoms with Gasteiger partial charge in [-0.1, -0.05) is 12.1 Å². The number of ether oxygens (including phenoxy) is 1. The van der Waals surface area contributed by atoms with Crippen LogP contribution in [0, 0.1) is 0 Å². The van der Waals surface area contributed by atoms with Crippen LogP contribution in [-0.4, -0.2) is 81.9 Å². The second-order valence-corrected chi connectivity index (χ2v) is 6.90. The predicted octanol–water partition coefficient (Wildman–Crippen LogP) is 2.55. The Hall–Kier alpha value is -1.27. The summed E-state index contributed by atoms with van der Waals surface area (Å²) in [4.78, 5) is 9.01. The molecule has 1 fully saturated rings. The average molecular weight is 529 g/mol. The largest absolute Gasteiger partial charge is 0.484 e. The van der Waals surface area contributed by atoms with Crippen LogP contribution in [0.4, 0.5) is 13.2 Å². The van der Waals surface area contributed by atoms with Crippen molar-refractivity contribution < 1.29 is 17.9 Å². The van der Waals surface area contributed by atoms with Crippen molar-refractivity contribution in [2.24, 2.45) is 4.99 Å². The number of alkyl halides is 3. The van der Waals surface area contributed by atoms with E-state index in [0.29, 0.717) is 12.5 Å². The molecule has 1 aromatic rings. The Labute approximate surface area is 187 Å². The number of guanidine groups is 1. The molecule has 0 spiro atoms. The molecular formula is C19H31F3IN5O. The van der Waals surface area contributed by atoms with Crippen molar-refractivity contribution in [2.45, 2.75) is 19.1 Å². The van der Waals surface area contributed by atoms with Crippen molar-refractivity contribution in [1.82, 2.24) is 20.4 Å². The van der Waals surface area contributed by atoms with Gasteiger partial charge in [-0.25, -0.2) is 0 Å².